The molecule has 0 unspecified atom stereocenters. The minimum Gasteiger partial charge on any atom is -0.394 e. The standard InChI is InChI=1S/C10H22O2Si/c1-5-9-10-13(8-4,11-6-2)12-7-3/h5H,1,6-10H2,2-4H3. The van der Waals surface area contributed by atoms with Gasteiger partial charge >= 0.3 is 8.56 Å². The Balaban J connectivity index is 4.15. The number of hydrogen-bond acceptors (Lipinski definition) is 2. The molecule has 0 aliphatic heterocycles. The minimum absolute atomic E-state index is 0.761. The van der Waals surface area contributed by atoms with Crippen LogP contribution in [0, 0.1) is 0 Å². The molecule has 3 heteroatoms. The molecule has 78 valence electrons. The second-order valence-electron chi connectivity index (χ2n) is 2.96. The van der Waals surface area contributed by atoms with Gasteiger partial charge in [0.25, 0.3) is 0 Å². The van der Waals surface area contributed by atoms with E-state index in [1.54, 1.807) is 0 Å². The van der Waals surface area contributed by atoms with Crippen molar-refractivity contribution in [2.24, 2.45) is 0 Å². The number of allylic oxidation sites excluding steroid dienone is 1. The van der Waals surface area contributed by atoms with Crippen LogP contribution in [0.15, 0.2) is 12.7 Å². The largest absolute Gasteiger partial charge is 0.394 e. The Morgan fingerprint density at radius 3 is 2.00 bits per heavy atom. The zero-order chi connectivity index (χ0) is 10.2. The lowest BCUT2D eigenvalue weighted by molar-refractivity contribution is 0.183. The first kappa shape index (κ1) is 12.9. The average molecular weight is 202 g/mol. The van der Waals surface area contributed by atoms with Crippen molar-refractivity contribution < 1.29 is 8.85 Å². The zero-order valence-corrected chi connectivity index (χ0v) is 10.1. The lowest BCUT2D eigenvalue weighted by atomic mass is 10.5. The van der Waals surface area contributed by atoms with Crippen LogP contribution in [0.2, 0.25) is 12.1 Å². The van der Waals surface area contributed by atoms with Crippen molar-refractivity contribution in [2.75, 3.05) is 13.2 Å². The zero-order valence-electron chi connectivity index (χ0n) is 9.14. The van der Waals surface area contributed by atoms with E-state index in [0.29, 0.717) is 0 Å². The Bertz CT molecular complexity index is 131. The molecule has 0 aromatic carbocycles. The molecular formula is C10H22O2Si. The van der Waals surface area contributed by atoms with Crippen LogP contribution in [0.25, 0.3) is 0 Å². The summed E-state index contributed by atoms with van der Waals surface area (Å²) in [5, 5.41) is 0. The molecule has 0 heterocycles. The highest BCUT2D eigenvalue weighted by Crippen LogP contribution is 2.20. The Morgan fingerprint density at radius 1 is 1.15 bits per heavy atom. The van der Waals surface area contributed by atoms with Crippen molar-refractivity contribution in [2.45, 2.75) is 39.3 Å². The SMILES string of the molecule is C=CCC[Si](CC)(OCC)OCC. The lowest BCUT2D eigenvalue weighted by Crippen LogP contribution is -2.41. The number of hydrogen-bond donors (Lipinski definition) is 0. The topological polar surface area (TPSA) is 18.5 Å². The molecule has 0 fully saturated rings. The van der Waals surface area contributed by atoms with Crippen molar-refractivity contribution in [1.29, 1.82) is 0 Å². The summed E-state index contributed by atoms with van der Waals surface area (Å²) in [6.07, 6.45) is 2.94. The van der Waals surface area contributed by atoms with Gasteiger partial charge in [-0.25, -0.2) is 0 Å². The fourth-order valence-electron chi connectivity index (χ4n) is 1.41. The number of rotatable bonds is 8. The van der Waals surface area contributed by atoms with Gasteiger partial charge in [0, 0.05) is 13.2 Å². The summed E-state index contributed by atoms with van der Waals surface area (Å²) in [5.74, 6) is 0. The molecule has 0 spiro atoms. The summed E-state index contributed by atoms with van der Waals surface area (Å²) < 4.78 is 11.6. The Labute approximate surface area is 83.2 Å². The Morgan fingerprint density at radius 2 is 1.69 bits per heavy atom. The second kappa shape index (κ2) is 7.30. The maximum atomic E-state index is 5.79. The van der Waals surface area contributed by atoms with Gasteiger partial charge < -0.3 is 8.85 Å². The third-order valence-corrected chi connectivity index (χ3v) is 5.84. The lowest BCUT2D eigenvalue weighted by Gasteiger charge is -2.28. The maximum absolute atomic E-state index is 5.79. The molecule has 0 saturated carbocycles. The van der Waals surface area contributed by atoms with Crippen molar-refractivity contribution in [1.82, 2.24) is 0 Å². The third kappa shape index (κ3) is 4.60. The van der Waals surface area contributed by atoms with Gasteiger partial charge in [0.2, 0.25) is 0 Å². The Kier molecular flexibility index (Phi) is 7.23. The maximum Gasteiger partial charge on any atom is 0.338 e. The van der Waals surface area contributed by atoms with Crippen molar-refractivity contribution >= 4 is 8.56 Å². The van der Waals surface area contributed by atoms with Crippen LogP contribution in [-0.4, -0.2) is 21.8 Å². The predicted octanol–water partition coefficient (Wildman–Crippen LogP) is 3.10. The van der Waals surface area contributed by atoms with Gasteiger partial charge in [-0.3, -0.25) is 0 Å². The van der Waals surface area contributed by atoms with Crippen molar-refractivity contribution in [3.8, 4) is 0 Å². The second-order valence-corrected chi connectivity index (χ2v) is 6.56. The van der Waals surface area contributed by atoms with E-state index in [-0.39, 0.29) is 0 Å². The fraction of sp³-hybridized carbons (Fsp3) is 0.800. The summed E-state index contributed by atoms with van der Waals surface area (Å²) in [6.45, 7) is 11.5. The molecular weight excluding hydrogens is 180 g/mol. The van der Waals surface area contributed by atoms with E-state index in [1.165, 1.54) is 0 Å². The summed E-state index contributed by atoms with van der Waals surface area (Å²) >= 11 is 0. The smallest absolute Gasteiger partial charge is 0.338 e. The first-order valence-corrected chi connectivity index (χ1v) is 7.36. The normalized spacial score (nSPS) is 11.6. The molecule has 0 bridgehead atoms. The highest BCUT2D eigenvalue weighted by Gasteiger charge is 2.33. The van der Waals surface area contributed by atoms with Crippen LogP contribution < -0.4 is 0 Å². The average Bonchev–Trinajstić information content (AvgIpc) is 2.15. The molecule has 0 aliphatic carbocycles. The van der Waals surface area contributed by atoms with Gasteiger partial charge in [0.1, 0.15) is 0 Å². The molecule has 2 nitrogen and oxygen atoms in total. The highest BCUT2D eigenvalue weighted by molar-refractivity contribution is 6.67. The van der Waals surface area contributed by atoms with Crippen LogP contribution in [-0.2, 0) is 8.85 Å². The van der Waals surface area contributed by atoms with E-state index < -0.39 is 8.56 Å². The molecule has 0 atom stereocenters. The monoisotopic (exact) mass is 202 g/mol. The molecule has 13 heavy (non-hydrogen) atoms. The van der Waals surface area contributed by atoms with Crippen molar-refractivity contribution in [3.63, 3.8) is 0 Å². The third-order valence-electron chi connectivity index (χ3n) is 2.08. The molecule has 0 aromatic heterocycles. The summed E-state index contributed by atoms with van der Waals surface area (Å²) in [7, 11) is -1.86. The van der Waals surface area contributed by atoms with Gasteiger partial charge in [-0.1, -0.05) is 13.0 Å². The van der Waals surface area contributed by atoms with Gasteiger partial charge in [0.05, 0.1) is 0 Å². The van der Waals surface area contributed by atoms with Crippen molar-refractivity contribution in [3.05, 3.63) is 12.7 Å². The van der Waals surface area contributed by atoms with Gasteiger partial charge in [-0.15, -0.1) is 6.58 Å². The minimum atomic E-state index is -1.86. The van der Waals surface area contributed by atoms with Gasteiger partial charge in [0.15, 0.2) is 0 Å². The van der Waals surface area contributed by atoms with E-state index in [1.807, 2.05) is 19.9 Å². The van der Waals surface area contributed by atoms with E-state index in [9.17, 15) is 0 Å². The quantitative estimate of drug-likeness (QED) is 0.445. The van der Waals surface area contributed by atoms with Crippen LogP contribution in [0.4, 0.5) is 0 Å². The first-order valence-electron chi connectivity index (χ1n) is 5.13. The van der Waals surface area contributed by atoms with E-state index in [2.05, 4.69) is 13.5 Å². The molecule has 0 radical (unpaired) electrons. The fourth-order valence-corrected chi connectivity index (χ4v) is 4.24. The van der Waals surface area contributed by atoms with Crippen LogP contribution in [0.3, 0.4) is 0 Å². The van der Waals surface area contributed by atoms with E-state index >= 15 is 0 Å². The van der Waals surface area contributed by atoms with Crippen LogP contribution in [0.5, 0.6) is 0 Å². The van der Waals surface area contributed by atoms with E-state index in [0.717, 1.165) is 31.7 Å². The van der Waals surface area contributed by atoms with Crippen LogP contribution >= 0.6 is 0 Å². The van der Waals surface area contributed by atoms with Gasteiger partial charge in [-0.2, -0.15) is 0 Å². The summed E-state index contributed by atoms with van der Waals surface area (Å²) in [6, 6.07) is 2.07. The summed E-state index contributed by atoms with van der Waals surface area (Å²) in [5.41, 5.74) is 0. The molecule has 0 saturated heterocycles. The molecule has 0 rings (SSSR count). The summed E-state index contributed by atoms with van der Waals surface area (Å²) in [4.78, 5) is 0. The highest BCUT2D eigenvalue weighted by atomic mass is 28.4. The van der Waals surface area contributed by atoms with Gasteiger partial charge in [-0.05, 0) is 32.4 Å². The Hall–Kier alpha value is -0.123. The van der Waals surface area contributed by atoms with Crippen LogP contribution in [0.1, 0.15) is 27.2 Å². The first-order chi connectivity index (χ1) is 6.24. The van der Waals surface area contributed by atoms with E-state index in [4.69, 9.17) is 8.85 Å². The molecule has 0 aromatic rings. The molecule has 0 N–H and O–H groups in total. The predicted molar refractivity (Wildman–Crippen MR) is 59.1 cm³/mol. The molecule has 0 aliphatic rings. The molecule has 0 amide bonds.